The molecule has 0 spiro atoms. The lowest BCUT2D eigenvalue weighted by atomic mass is 10.0. The number of aryl methyl sites for hydroxylation is 2. The van der Waals surface area contributed by atoms with E-state index >= 15 is 0 Å². The van der Waals surface area contributed by atoms with Crippen LogP contribution < -0.4 is 0 Å². The molecule has 0 fully saturated rings. The molecule has 96 valence electrons. The Morgan fingerprint density at radius 2 is 2.17 bits per heavy atom. The van der Waals surface area contributed by atoms with E-state index in [1.165, 1.54) is 0 Å². The van der Waals surface area contributed by atoms with Crippen LogP contribution in [-0.2, 0) is 13.7 Å². The van der Waals surface area contributed by atoms with E-state index in [0.717, 1.165) is 28.6 Å². The minimum Gasteiger partial charge on any atom is -0.388 e. The number of aromatic nitrogens is 2. The van der Waals surface area contributed by atoms with Gasteiger partial charge in [0.2, 0.25) is 0 Å². The zero-order chi connectivity index (χ0) is 13.3. The van der Waals surface area contributed by atoms with Crippen LogP contribution in [0.4, 0.5) is 0 Å². The van der Waals surface area contributed by atoms with Crippen molar-refractivity contribution in [1.29, 1.82) is 0 Å². The standard InChI is InChI=1S/C14H18N2O2/c1-4-5-13(18)10-7-11-12(6-9(10)2)16(3)14(8-17)15-11/h6-7,17H,4-5,8H2,1-3H3. The molecule has 0 aliphatic heterocycles. The fourth-order valence-corrected chi connectivity index (χ4v) is 2.20. The molecular formula is C14H18N2O2. The Kier molecular flexibility index (Phi) is 3.48. The third-order valence-corrected chi connectivity index (χ3v) is 3.24. The van der Waals surface area contributed by atoms with Crippen molar-refractivity contribution < 1.29 is 9.90 Å². The smallest absolute Gasteiger partial charge is 0.163 e. The molecule has 0 bridgehead atoms. The van der Waals surface area contributed by atoms with Crippen molar-refractivity contribution in [2.45, 2.75) is 33.3 Å². The van der Waals surface area contributed by atoms with Gasteiger partial charge < -0.3 is 9.67 Å². The number of aliphatic hydroxyl groups is 1. The maximum Gasteiger partial charge on any atom is 0.163 e. The Bertz CT molecular complexity index is 599. The van der Waals surface area contributed by atoms with Gasteiger partial charge >= 0.3 is 0 Å². The Morgan fingerprint density at radius 1 is 1.44 bits per heavy atom. The highest BCUT2D eigenvalue weighted by Gasteiger charge is 2.13. The van der Waals surface area contributed by atoms with Crippen LogP contribution in [0.5, 0.6) is 0 Å². The summed E-state index contributed by atoms with van der Waals surface area (Å²) in [5.74, 6) is 0.776. The largest absolute Gasteiger partial charge is 0.388 e. The molecule has 2 rings (SSSR count). The molecule has 1 heterocycles. The number of ketones is 1. The molecule has 0 amide bonds. The predicted molar refractivity (Wildman–Crippen MR) is 70.6 cm³/mol. The van der Waals surface area contributed by atoms with Crippen molar-refractivity contribution in [1.82, 2.24) is 9.55 Å². The van der Waals surface area contributed by atoms with Gasteiger partial charge in [-0.15, -0.1) is 0 Å². The summed E-state index contributed by atoms with van der Waals surface area (Å²) in [7, 11) is 1.87. The van der Waals surface area contributed by atoms with Gasteiger partial charge in [-0.1, -0.05) is 6.92 Å². The summed E-state index contributed by atoms with van der Waals surface area (Å²) in [6, 6.07) is 3.80. The highest BCUT2D eigenvalue weighted by Crippen LogP contribution is 2.21. The second-order valence-corrected chi connectivity index (χ2v) is 4.57. The van der Waals surface area contributed by atoms with Crippen LogP contribution >= 0.6 is 0 Å². The van der Waals surface area contributed by atoms with E-state index < -0.39 is 0 Å². The van der Waals surface area contributed by atoms with Crippen LogP contribution in [0.1, 0.15) is 41.5 Å². The zero-order valence-electron chi connectivity index (χ0n) is 11.0. The molecule has 0 radical (unpaired) electrons. The Labute approximate surface area is 106 Å². The summed E-state index contributed by atoms with van der Waals surface area (Å²) in [6.45, 7) is 3.84. The Morgan fingerprint density at radius 3 is 2.78 bits per heavy atom. The number of hydrogen-bond acceptors (Lipinski definition) is 3. The minimum atomic E-state index is -0.0948. The van der Waals surface area contributed by atoms with Crippen LogP contribution in [-0.4, -0.2) is 20.4 Å². The highest BCUT2D eigenvalue weighted by atomic mass is 16.3. The number of aliphatic hydroxyl groups excluding tert-OH is 1. The second kappa shape index (κ2) is 4.90. The van der Waals surface area contributed by atoms with Gasteiger partial charge in [-0.3, -0.25) is 4.79 Å². The third kappa shape index (κ3) is 2.04. The first-order valence-electron chi connectivity index (χ1n) is 6.18. The number of rotatable bonds is 4. The molecule has 0 atom stereocenters. The second-order valence-electron chi connectivity index (χ2n) is 4.57. The van der Waals surface area contributed by atoms with E-state index in [1.54, 1.807) is 0 Å². The van der Waals surface area contributed by atoms with Gasteiger partial charge in [-0.25, -0.2) is 4.98 Å². The molecule has 2 aromatic rings. The topological polar surface area (TPSA) is 55.1 Å². The Hall–Kier alpha value is -1.68. The van der Waals surface area contributed by atoms with Crippen molar-refractivity contribution in [3.05, 3.63) is 29.1 Å². The van der Waals surface area contributed by atoms with E-state index in [-0.39, 0.29) is 12.4 Å². The van der Waals surface area contributed by atoms with Gasteiger partial charge in [-0.2, -0.15) is 0 Å². The number of hydrogen-bond donors (Lipinski definition) is 1. The number of fused-ring (bicyclic) bond motifs is 1. The molecule has 0 saturated carbocycles. The first-order chi connectivity index (χ1) is 8.58. The van der Waals surface area contributed by atoms with Crippen LogP contribution in [0.3, 0.4) is 0 Å². The van der Waals surface area contributed by atoms with Crippen LogP contribution in [0, 0.1) is 6.92 Å². The van der Waals surface area contributed by atoms with Crippen molar-refractivity contribution in [3.63, 3.8) is 0 Å². The van der Waals surface area contributed by atoms with Crippen LogP contribution in [0.15, 0.2) is 12.1 Å². The van der Waals surface area contributed by atoms with Crippen molar-refractivity contribution in [2.75, 3.05) is 0 Å². The molecule has 1 N–H and O–H groups in total. The maximum atomic E-state index is 12.0. The van der Waals surface area contributed by atoms with Crippen molar-refractivity contribution in [2.24, 2.45) is 7.05 Å². The lowest BCUT2D eigenvalue weighted by Gasteiger charge is -2.05. The monoisotopic (exact) mass is 246 g/mol. The van der Waals surface area contributed by atoms with Gasteiger partial charge in [0.25, 0.3) is 0 Å². The molecule has 0 saturated heterocycles. The summed E-state index contributed by atoms with van der Waals surface area (Å²) < 4.78 is 1.86. The highest BCUT2D eigenvalue weighted by molar-refractivity contribution is 6.00. The van der Waals surface area contributed by atoms with E-state index in [9.17, 15) is 9.90 Å². The lowest BCUT2D eigenvalue weighted by molar-refractivity contribution is 0.0981. The Balaban J connectivity index is 2.58. The summed E-state index contributed by atoms with van der Waals surface area (Å²) >= 11 is 0. The fourth-order valence-electron chi connectivity index (χ4n) is 2.20. The first kappa shape index (κ1) is 12.8. The van der Waals surface area contributed by atoms with Gasteiger partial charge in [-0.05, 0) is 31.0 Å². The number of carbonyl (C=O) groups is 1. The maximum absolute atomic E-state index is 12.0. The SMILES string of the molecule is CCCC(=O)c1cc2nc(CO)n(C)c2cc1C. The molecule has 0 unspecified atom stereocenters. The minimum absolute atomic E-state index is 0.0948. The summed E-state index contributed by atoms with van der Waals surface area (Å²) in [5.41, 5.74) is 3.43. The third-order valence-electron chi connectivity index (χ3n) is 3.24. The number of Topliss-reactive ketones (excluding diaryl/α,β-unsaturated/α-hetero) is 1. The lowest BCUT2D eigenvalue weighted by Crippen LogP contribution is -2.01. The van der Waals surface area contributed by atoms with Crippen LogP contribution in [0.2, 0.25) is 0 Å². The molecule has 0 aliphatic rings. The number of benzene rings is 1. The molecule has 1 aromatic carbocycles. The average molecular weight is 246 g/mol. The molecule has 1 aromatic heterocycles. The van der Waals surface area contributed by atoms with Gasteiger partial charge in [0.05, 0.1) is 11.0 Å². The van der Waals surface area contributed by atoms with E-state index in [0.29, 0.717) is 12.2 Å². The van der Waals surface area contributed by atoms with Gasteiger partial charge in [0.1, 0.15) is 12.4 Å². The number of carbonyl (C=O) groups excluding carboxylic acids is 1. The van der Waals surface area contributed by atoms with Crippen molar-refractivity contribution in [3.8, 4) is 0 Å². The molecule has 4 heteroatoms. The quantitative estimate of drug-likeness (QED) is 0.842. The summed E-state index contributed by atoms with van der Waals surface area (Å²) in [6.07, 6.45) is 1.41. The molecular weight excluding hydrogens is 228 g/mol. The molecule has 0 aliphatic carbocycles. The molecule has 4 nitrogen and oxygen atoms in total. The van der Waals surface area contributed by atoms with Crippen molar-refractivity contribution >= 4 is 16.8 Å². The van der Waals surface area contributed by atoms with Crippen LogP contribution in [0.25, 0.3) is 11.0 Å². The molecule has 18 heavy (non-hydrogen) atoms. The summed E-state index contributed by atoms with van der Waals surface area (Å²) in [4.78, 5) is 16.3. The zero-order valence-corrected chi connectivity index (χ0v) is 11.0. The van der Waals surface area contributed by atoms with Gasteiger partial charge in [0.15, 0.2) is 5.78 Å². The predicted octanol–water partition coefficient (Wildman–Crippen LogP) is 2.36. The first-order valence-corrected chi connectivity index (χ1v) is 6.18. The number of imidazole rings is 1. The summed E-state index contributed by atoms with van der Waals surface area (Å²) in [5, 5.41) is 9.20. The average Bonchev–Trinajstić information content (AvgIpc) is 2.65. The van der Waals surface area contributed by atoms with E-state index in [2.05, 4.69) is 4.98 Å². The van der Waals surface area contributed by atoms with E-state index in [4.69, 9.17) is 0 Å². The van der Waals surface area contributed by atoms with E-state index in [1.807, 2.05) is 37.6 Å². The fraction of sp³-hybridized carbons (Fsp3) is 0.429. The normalized spacial score (nSPS) is 11.1. The van der Waals surface area contributed by atoms with Gasteiger partial charge in [0, 0.05) is 19.0 Å². The number of nitrogens with zero attached hydrogens (tertiary/aromatic N) is 2.